The number of hydrogen-bond donors (Lipinski definition) is 0. The van der Waals surface area contributed by atoms with E-state index in [0.29, 0.717) is 0 Å². The van der Waals surface area contributed by atoms with E-state index in [1.807, 2.05) is 22.8 Å². The Balaban J connectivity index is 2.29. The van der Waals surface area contributed by atoms with Crippen molar-refractivity contribution in [2.24, 2.45) is 4.99 Å². The first-order valence-electron chi connectivity index (χ1n) is 2.76. The summed E-state index contributed by atoms with van der Waals surface area (Å²) in [5, 5.41) is 4.16. The van der Waals surface area contributed by atoms with Crippen LogP contribution in [-0.2, 0) is 0 Å². The van der Waals surface area contributed by atoms with Gasteiger partial charge in [-0.25, -0.2) is 0 Å². The predicted octanol–water partition coefficient (Wildman–Crippen LogP) is 1.39. The summed E-state index contributed by atoms with van der Waals surface area (Å²) in [5.41, 5.74) is 1.28. The third kappa shape index (κ3) is 0.772. The molecule has 3 heteroatoms. The lowest BCUT2D eigenvalue weighted by Gasteiger charge is -2.12. The molecular weight excluding hydrogens is 132 g/mol. The molecular formula is C6H6N2S. The Bertz CT molecular complexity index is 205. The SMILES string of the molecule is C1=CN2C=NCC2=CS1. The number of rotatable bonds is 0. The fourth-order valence-electron chi connectivity index (χ4n) is 0.829. The molecule has 2 aliphatic rings. The molecule has 0 amide bonds. The van der Waals surface area contributed by atoms with Crippen molar-refractivity contribution >= 4 is 18.1 Å². The average Bonchev–Trinajstić information content (AvgIpc) is 2.33. The molecule has 46 valence electrons. The van der Waals surface area contributed by atoms with Gasteiger partial charge in [-0.3, -0.25) is 4.99 Å². The van der Waals surface area contributed by atoms with Gasteiger partial charge in [0, 0.05) is 6.20 Å². The highest BCUT2D eigenvalue weighted by Gasteiger charge is 2.10. The summed E-state index contributed by atoms with van der Waals surface area (Å²) in [5.74, 6) is 0. The Morgan fingerprint density at radius 2 is 2.67 bits per heavy atom. The van der Waals surface area contributed by atoms with Gasteiger partial charge < -0.3 is 4.90 Å². The highest BCUT2D eigenvalue weighted by molar-refractivity contribution is 8.04. The van der Waals surface area contributed by atoms with Crippen molar-refractivity contribution < 1.29 is 0 Å². The molecule has 0 saturated carbocycles. The number of hydrogen-bond acceptors (Lipinski definition) is 3. The van der Waals surface area contributed by atoms with E-state index in [9.17, 15) is 0 Å². The molecule has 2 heterocycles. The van der Waals surface area contributed by atoms with Gasteiger partial charge in [-0.2, -0.15) is 0 Å². The van der Waals surface area contributed by atoms with Gasteiger partial charge in [-0.05, 0) is 10.8 Å². The van der Waals surface area contributed by atoms with Crippen LogP contribution in [0.5, 0.6) is 0 Å². The molecule has 0 saturated heterocycles. The average molecular weight is 138 g/mol. The Labute approximate surface area is 58.0 Å². The zero-order valence-corrected chi connectivity index (χ0v) is 5.64. The van der Waals surface area contributed by atoms with Crippen molar-refractivity contribution in [3.05, 3.63) is 22.7 Å². The van der Waals surface area contributed by atoms with Crippen molar-refractivity contribution in [1.29, 1.82) is 0 Å². The van der Waals surface area contributed by atoms with E-state index in [1.165, 1.54) is 5.70 Å². The number of thioether (sulfide) groups is 1. The van der Waals surface area contributed by atoms with E-state index in [4.69, 9.17) is 0 Å². The molecule has 0 bridgehead atoms. The molecule has 0 fully saturated rings. The van der Waals surface area contributed by atoms with Crippen LogP contribution in [0.3, 0.4) is 0 Å². The summed E-state index contributed by atoms with van der Waals surface area (Å²) in [6.45, 7) is 0.845. The quantitative estimate of drug-likeness (QED) is 0.502. The number of aliphatic imine (C=N–C) groups is 1. The minimum atomic E-state index is 0.845. The van der Waals surface area contributed by atoms with Crippen molar-refractivity contribution in [2.75, 3.05) is 6.54 Å². The summed E-state index contributed by atoms with van der Waals surface area (Å²) < 4.78 is 0. The second-order valence-electron chi connectivity index (χ2n) is 1.89. The lowest BCUT2D eigenvalue weighted by molar-refractivity contribution is 0.733. The van der Waals surface area contributed by atoms with E-state index in [2.05, 4.69) is 10.4 Å². The summed E-state index contributed by atoms with van der Waals surface area (Å²) >= 11 is 1.71. The molecule has 0 radical (unpaired) electrons. The minimum absolute atomic E-state index is 0.845. The molecule has 2 rings (SSSR count). The molecule has 2 aliphatic heterocycles. The van der Waals surface area contributed by atoms with Crippen LogP contribution in [0.25, 0.3) is 0 Å². The van der Waals surface area contributed by atoms with E-state index in [-0.39, 0.29) is 0 Å². The van der Waals surface area contributed by atoms with E-state index >= 15 is 0 Å². The topological polar surface area (TPSA) is 15.6 Å². The maximum Gasteiger partial charge on any atom is 0.0938 e. The fraction of sp³-hybridized carbons (Fsp3) is 0.167. The second kappa shape index (κ2) is 1.92. The Kier molecular flexibility index (Phi) is 1.09. The zero-order chi connectivity index (χ0) is 6.10. The van der Waals surface area contributed by atoms with Gasteiger partial charge in [0.15, 0.2) is 0 Å². The minimum Gasteiger partial charge on any atom is -0.309 e. The summed E-state index contributed by atoms with van der Waals surface area (Å²) in [7, 11) is 0. The fourth-order valence-corrected chi connectivity index (χ4v) is 1.46. The van der Waals surface area contributed by atoms with Crippen molar-refractivity contribution in [3.8, 4) is 0 Å². The Morgan fingerprint density at radius 1 is 1.67 bits per heavy atom. The van der Waals surface area contributed by atoms with Gasteiger partial charge in [-0.1, -0.05) is 0 Å². The summed E-state index contributed by atoms with van der Waals surface area (Å²) in [6, 6.07) is 0. The summed E-state index contributed by atoms with van der Waals surface area (Å²) in [6.07, 6.45) is 3.87. The highest BCUT2D eigenvalue weighted by atomic mass is 32.2. The molecule has 0 atom stereocenters. The normalized spacial score (nSPS) is 22.2. The van der Waals surface area contributed by atoms with Crippen molar-refractivity contribution in [2.45, 2.75) is 0 Å². The molecule has 0 aromatic heterocycles. The van der Waals surface area contributed by atoms with Crippen LogP contribution in [-0.4, -0.2) is 17.8 Å². The Hall–Kier alpha value is -0.700. The molecule has 0 aromatic carbocycles. The van der Waals surface area contributed by atoms with Crippen LogP contribution in [0.1, 0.15) is 0 Å². The van der Waals surface area contributed by atoms with Gasteiger partial charge in [0.25, 0.3) is 0 Å². The van der Waals surface area contributed by atoms with Gasteiger partial charge in [0.1, 0.15) is 0 Å². The van der Waals surface area contributed by atoms with Gasteiger partial charge in [0.2, 0.25) is 0 Å². The van der Waals surface area contributed by atoms with Gasteiger partial charge in [-0.15, -0.1) is 11.8 Å². The molecule has 2 nitrogen and oxygen atoms in total. The van der Waals surface area contributed by atoms with Crippen molar-refractivity contribution in [3.63, 3.8) is 0 Å². The van der Waals surface area contributed by atoms with Crippen LogP contribution in [0, 0.1) is 0 Å². The first-order chi connectivity index (χ1) is 4.47. The number of fused-ring (bicyclic) bond motifs is 1. The lowest BCUT2D eigenvalue weighted by Crippen LogP contribution is -2.10. The smallest absolute Gasteiger partial charge is 0.0938 e. The van der Waals surface area contributed by atoms with Crippen LogP contribution in [0.15, 0.2) is 27.7 Å². The molecule has 9 heavy (non-hydrogen) atoms. The monoisotopic (exact) mass is 138 g/mol. The summed E-state index contributed by atoms with van der Waals surface area (Å²) in [4.78, 5) is 6.13. The van der Waals surface area contributed by atoms with Crippen LogP contribution in [0.2, 0.25) is 0 Å². The van der Waals surface area contributed by atoms with Crippen LogP contribution < -0.4 is 0 Å². The maximum atomic E-state index is 4.10. The standard InChI is InChI=1S/C6H6N2S/c1-2-9-4-6-3-7-5-8(1)6/h1-2,4-5H,3H2. The van der Waals surface area contributed by atoms with E-state index in [0.717, 1.165) is 6.54 Å². The molecule has 0 N–H and O–H groups in total. The van der Waals surface area contributed by atoms with Gasteiger partial charge in [0.05, 0.1) is 18.6 Å². The van der Waals surface area contributed by atoms with E-state index < -0.39 is 0 Å². The van der Waals surface area contributed by atoms with E-state index in [1.54, 1.807) is 11.8 Å². The third-order valence-electron chi connectivity index (χ3n) is 1.30. The maximum absolute atomic E-state index is 4.10. The van der Waals surface area contributed by atoms with Crippen LogP contribution >= 0.6 is 11.8 Å². The molecule has 0 aliphatic carbocycles. The molecule has 0 aromatic rings. The first-order valence-corrected chi connectivity index (χ1v) is 3.70. The van der Waals surface area contributed by atoms with Crippen LogP contribution in [0.4, 0.5) is 0 Å². The Morgan fingerprint density at radius 3 is 3.56 bits per heavy atom. The lowest BCUT2D eigenvalue weighted by atomic mass is 10.5. The highest BCUT2D eigenvalue weighted by Crippen LogP contribution is 2.21. The third-order valence-corrected chi connectivity index (χ3v) is 1.98. The van der Waals surface area contributed by atoms with Crippen molar-refractivity contribution in [1.82, 2.24) is 4.90 Å². The largest absolute Gasteiger partial charge is 0.309 e. The number of nitrogens with zero attached hydrogens (tertiary/aromatic N) is 2. The second-order valence-corrected chi connectivity index (χ2v) is 2.67. The molecule has 0 unspecified atom stereocenters. The molecule has 0 spiro atoms. The first kappa shape index (κ1) is 5.11. The van der Waals surface area contributed by atoms with Gasteiger partial charge >= 0.3 is 0 Å². The zero-order valence-electron chi connectivity index (χ0n) is 4.82. The predicted molar refractivity (Wildman–Crippen MR) is 40.0 cm³/mol.